The molecule has 0 amide bonds. The molecule has 0 spiro atoms. The fraction of sp³-hybridized carbons (Fsp3) is 0.375. The standard InChI is InChI=1S/C8H7Cl2F2NO/c1-14-7-4(3-9)2-5(10)13-6(7)8(11)12/h2,8H,3H2,1H3. The summed E-state index contributed by atoms with van der Waals surface area (Å²) in [7, 11) is 1.28. The van der Waals surface area contributed by atoms with Gasteiger partial charge in [-0.2, -0.15) is 0 Å². The molecule has 78 valence electrons. The van der Waals surface area contributed by atoms with Crippen LogP contribution in [-0.4, -0.2) is 12.1 Å². The number of hydrogen-bond acceptors (Lipinski definition) is 2. The highest BCUT2D eigenvalue weighted by molar-refractivity contribution is 6.29. The summed E-state index contributed by atoms with van der Waals surface area (Å²) < 4.78 is 29.7. The van der Waals surface area contributed by atoms with Crippen molar-refractivity contribution >= 4 is 23.2 Å². The number of ether oxygens (including phenoxy) is 1. The Balaban J connectivity index is 3.31. The third-order valence-electron chi connectivity index (χ3n) is 1.60. The monoisotopic (exact) mass is 241 g/mol. The van der Waals surface area contributed by atoms with Crippen LogP contribution in [0.1, 0.15) is 17.7 Å². The van der Waals surface area contributed by atoms with Crippen LogP contribution < -0.4 is 4.74 Å². The van der Waals surface area contributed by atoms with Gasteiger partial charge in [0.15, 0.2) is 11.4 Å². The van der Waals surface area contributed by atoms with E-state index in [4.69, 9.17) is 27.9 Å². The number of methoxy groups -OCH3 is 1. The Hall–Kier alpha value is -0.610. The summed E-state index contributed by atoms with van der Waals surface area (Å²) in [6.07, 6.45) is -2.73. The Bertz CT molecular complexity index is 333. The number of rotatable bonds is 3. The van der Waals surface area contributed by atoms with Gasteiger partial charge in [0.05, 0.1) is 13.0 Å². The zero-order valence-corrected chi connectivity index (χ0v) is 8.74. The molecule has 0 aliphatic heterocycles. The molecule has 0 saturated heterocycles. The van der Waals surface area contributed by atoms with Crippen molar-refractivity contribution in [3.05, 3.63) is 22.5 Å². The Kier molecular flexibility index (Phi) is 3.89. The molecule has 0 saturated carbocycles. The SMILES string of the molecule is COc1c(CCl)cc(Cl)nc1C(F)F. The summed E-state index contributed by atoms with van der Waals surface area (Å²) in [6.45, 7) is 0. The Morgan fingerprint density at radius 3 is 2.64 bits per heavy atom. The number of aromatic nitrogens is 1. The van der Waals surface area contributed by atoms with Gasteiger partial charge in [-0.1, -0.05) is 11.6 Å². The van der Waals surface area contributed by atoms with Crippen LogP contribution in [-0.2, 0) is 5.88 Å². The number of alkyl halides is 3. The molecule has 14 heavy (non-hydrogen) atoms. The molecule has 0 aliphatic rings. The van der Waals surface area contributed by atoms with Gasteiger partial charge in [-0.25, -0.2) is 13.8 Å². The first-order valence-corrected chi connectivity index (χ1v) is 4.58. The first-order chi connectivity index (χ1) is 6.60. The summed E-state index contributed by atoms with van der Waals surface area (Å²) in [6, 6.07) is 1.40. The van der Waals surface area contributed by atoms with E-state index in [9.17, 15) is 8.78 Å². The lowest BCUT2D eigenvalue weighted by atomic mass is 10.2. The summed E-state index contributed by atoms with van der Waals surface area (Å²) in [5, 5.41) is -0.0169. The number of halogens is 4. The third-order valence-corrected chi connectivity index (χ3v) is 2.08. The lowest BCUT2D eigenvalue weighted by molar-refractivity contribution is 0.141. The highest BCUT2D eigenvalue weighted by Crippen LogP contribution is 2.32. The molecular formula is C8H7Cl2F2NO. The van der Waals surface area contributed by atoms with Crippen LogP contribution in [0.2, 0.25) is 5.15 Å². The molecular weight excluding hydrogens is 235 g/mol. The Morgan fingerprint density at radius 1 is 1.57 bits per heavy atom. The number of hydrogen-bond donors (Lipinski definition) is 0. The van der Waals surface area contributed by atoms with Gasteiger partial charge >= 0.3 is 0 Å². The van der Waals surface area contributed by atoms with Gasteiger partial charge in [-0.3, -0.25) is 0 Å². The van der Waals surface area contributed by atoms with E-state index in [0.29, 0.717) is 5.56 Å². The molecule has 1 aromatic rings. The van der Waals surface area contributed by atoms with Crippen molar-refractivity contribution in [1.29, 1.82) is 0 Å². The topological polar surface area (TPSA) is 22.1 Å². The maximum atomic E-state index is 12.5. The van der Waals surface area contributed by atoms with Crippen molar-refractivity contribution in [3.8, 4) is 5.75 Å². The molecule has 1 rings (SSSR count). The van der Waals surface area contributed by atoms with Gasteiger partial charge in [-0.15, -0.1) is 11.6 Å². The fourth-order valence-electron chi connectivity index (χ4n) is 1.05. The summed E-state index contributed by atoms with van der Waals surface area (Å²) in [5.74, 6) is 0.0462. The summed E-state index contributed by atoms with van der Waals surface area (Å²) >= 11 is 11.1. The molecule has 1 aromatic heterocycles. The fourth-order valence-corrected chi connectivity index (χ4v) is 1.48. The van der Waals surface area contributed by atoms with Gasteiger partial charge in [0.1, 0.15) is 5.15 Å². The molecule has 2 nitrogen and oxygen atoms in total. The van der Waals surface area contributed by atoms with E-state index in [1.807, 2.05) is 0 Å². The third kappa shape index (κ3) is 2.25. The predicted molar refractivity (Wildman–Crippen MR) is 50.3 cm³/mol. The minimum Gasteiger partial charge on any atom is -0.494 e. The minimum atomic E-state index is -2.73. The van der Waals surface area contributed by atoms with Crippen molar-refractivity contribution in [2.45, 2.75) is 12.3 Å². The predicted octanol–water partition coefficient (Wildman–Crippen LogP) is 3.42. The van der Waals surface area contributed by atoms with Gasteiger partial charge < -0.3 is 4.74 Å². The maximum absolute atomic E-state index is 12.5. The van der Waals surface area contributed by atoms with Gasteiger partial charge in [0.25, 0.3) is 6.43 Å². The first-order valence-electron chi connectivity index (χ1n) is 3.67. The van der Waals surface area contributed by atoms with Crippen molar-refractivity contribution < 1.29 is 13.5 Å². The number of pyridine rings is 1. The summed E-state index contributed by atoms with van der Waals surface area (Å²) in [5.41, 5.74) is -0.0693. The maximum Gasteiger partial charge on any atom is 0.284 e. The molecule has 6 heteroatoms. The molecule has 0 radical (unpaired) electrons. The first kappa shape index (κ1) is 11.5. The lowest BCUT2D eigenvalue weighted by Crippen LogP contribution is -2.00. The lowest BCUT2D eigenvalue weighted by Gasteiger charge is -2.10. The molecule has 0 aromatic carbocycles. The molecule has 0 atom stereocenters. The van der Waals surface area contributed by atoms with Gasteiger partial charge in [0, 0.05) is 5.56 Å². The second kappa shape index (κ2) is 4.75. The zero-order chi connectivity index (χ0) is 10.7. The summed E-state index contributed by atoms with van der Waals surface area (Å²) in [4.78, 5) is 3.48. The van der Waals surface area contributed by atoms with Crippen molar-refractivity contribution in [2.24, 2.45) is 0 Å². The highest BCUT2D eigenvalue weighted by atomic mass is 35.5. The van der Waals surface area contributed by atoms with Gasteiger partial charge in [0.2, 0.25) is 0 Å². The quantitative estimate of drug-likeness (QED) is 0.598. The minimum absolute atomic E-state index is 0.000556. The highest BCUT2D eigenvalue weighted by Gasteiger charge is 2.19. The largest absolute Gasteiger partial charge is 0.494 e. The van der Waals surface area contributed by atoms with Crippen LogP contribution in [0, 0.1) is 0 Å². The van der Waals surface area contributed by atoms with Crippen LogP contribution in [0.5, 0.6) is 5.75 Å². The normalized spacial score (nSPS) is 10.7. The average molecular weight is 242 g/mol. The van der Waals surface area contributed by atoms with Crippen LogP contribution in [0.4, 0.5) is 8.78 Å². The van der Waals surface area contributed by atoms with Crippen LogP contribution in [0.15, 0.2) is 6.07 Å². The van der Waals surface area contributed by atoms with Gasteiger partial charge in [-0.05, 0) is 6.07 Å². The van der Waals surface area contributed by atoms with Crippen LogP contribution >= 0.6 is 23.2 Å². The molecule has 0 N–H and O–H groups in total. The van der Waals surface area contributed by atoms with Crippen LogP contribution in [0.3, 0.4) is 0 Å². The average Bonchev–Trinajstić information content (AvgIpc) is 2.16. The van der Waals surface area contributed by atoms with Crippen molar-refractivity contribution in [2.75, 3.05) is 7.11 Å². The van der Waals surface area contributed by atoms with E-state index in [1.165, 1.54) is 13.2 Å². The van der Waals surface area contributed by atoms with Crippen molar-refractivity contribution in [3.63, 3.8) is 0 Å². The molecule has 0 aliphatic carbocycles. The van der Waals surface area contributed by atoms with Crippen molar-refractivity contribution in [1.82, 2.24) is 4.98 Å². The number of nitrogens with zero attached hydrogens (tertiary/aromatic N) is 1. The van der Waals surface area contributed by atoms with E-state index < -0.39 is 12.1 Å². The molecule has 0 unspecified atom stereocenters. The smallest absolute Gasteiger partial charge is 0.284 e. The molecule has 0 bridgehead atoms. The second-order valence-electron chi connectivity index (χ2n) is 2.46. The van der Waals surface area contributed by atoms with Crippen LogP contribution in [0.25, 0.3) is 0 Å². The second-order valence-corrected chi connectivity index (χ2v) is 3.11. The van der Waals surface area contributed by atoms with E-state index in [1.54, 1.807) is 0 Å². The molecule has 0 fully saturated rings. The van der Waals surface area contributed by atoms with E-state index in [0.717, 1.165) is 0 Å². The van der Waals surface area contributed by atoms with E-state index in [2.05, 4.69) is 4.98 Å². The Labute approximate surface area is 89.8 Å². The zero-order valence-electron chi connectivity index (χ0n) is 7.23. The van der Waals surface area contributed by atoms with E-state index >= 15 is 0 Å². The Morgan fingerprint density at radius 2 is 2.21 bits per heavy atom. The van der Waals surface area contributed by atoms with E-state index in [-0.39, 0.29) is 16.8 Å². The molecule has 1 heterocycles.